The highest BCUT2D eigenvalue weighted by atomic mass is 28.2. The van der Waals surface area contributed by atoms with Crippen LogP contribution in [-0.2, 0) is 6.98 Å². The summed E-state index contributed by atoms with van der Waals surface area (Å²) in [6, 6.07) is 35.3. The van der Waals surface area contributed by atoms with Crippen molar-refractivity contribution in [2.75, 3.05) is 36.0 Å². The number of piperidine rings is 1. The van der Waals surface area contributed by atoms with Crippen LogP contribution < -0.4 is 19.1 Å². The molecule has 2 aliphatic rings. The van der Waals surface area contributed by atoms with Crippen molar-refractivity contribution < 1.29 is 13.4 Å². The van der Waals surface area contributed by atoms with Crippen LogP contribution in [0.4, 0.5) is 11.4 Å². The predicted molar refractivity (Wildman–Crippen MR) is 196 cm³/mol. The summed E-state index contributed by atoms with van der Waals surface area (Å²) in [5.41, 5.74) is 6.58. The van der Waals surface area contributed by atoms with Gasteiger partial charge >= 0.3 is 0 Å². The number of benzene rings is 4. The van der Waals surface area contributed by atoms with Crippen molar-refractivity contribution in [2.45, 2.75) is 31.4 Å². The average Bonchev–Trinajstić information content (AvgIpc) is 3.72. The number of rotatable bonds is 6. The molecule has 9 rings (SSSR count). The summed E-state index contributed by atoms with van der Waals surface area (Å²) in [6.07, 6.45) is 8.63. The SMILES string of the molecule is [2H]C([2H])([2H])[n+]1[c-]n(-c2cccc(Oc3ccc4c5ccccc5n(-c5cc(N6CC[Si]CC6)ccn5)c4c3)c2)c2cc(N3CCCCC3)ccc21. The molecule has 2 fully saturated rings. The minimum absolute atomic E-state index is 0.610. The van der Waals surface area contributed by atoms with E-state index in [1.165, 1.54) is 28.8 Å². The van der Waals surface area contributed by atoms with Gasteiger partial charge in [0.2, 0.25) is 6.33 Å². The molecule has 2 radical (unpaired) electrons. The zero-order chi connectivity index (χ0) is 34.5. The molecule has 0 atom stereocenters. The number of imidazole rings is 1. The zero-order valence-electron chi connectivity index (χ0n) is 29.8. The van der Waals surface area contributed by atoms with Crippen molar-refractivity contribution >= 4 is 53.7 Å². The van der Waals surface area contributed by atoms with Gasteiger partial charge in [-0.1, -0.05) is 36.4 Å². The molecule has 0 spiro atoms. The standard InChI is InChI=1S/C40H38N6OSi/c1-42-28-45(39-25-29(12-15-37(39)42)43-18-5-2-6-19-43)31-8-7-9-32(24-31)47-33-13-14-35-34-10-3-4-11-36(34)46(38(35)27-33)40-26-30(16-17-41-40)44-20-22-48-23-21-44/h3-4,7-17,24-27H,2,5-6,18-23H2,1H3/i1D3. The van der Waals surface area contributed by atoms with E-state index in [9.17, 15) is 0 Å². The lowest BCUT2D eigenvalue weighted by atomic mass is 10.1. The maximum atomic E-state index is 8.23. The van der Waals surface area contributed by atoms with Gasteiger partial charge in [-0.25, -0.2) is 4.98 Å². The number of para-hydroxylation sites is 1. The Balaban J connectivity index is 1.10. The number of fused-ring (bicyclic) bond motifs is 4. The maximum Gasteiger partial charge on any atom is 0.244 e. The van der Waals surface area contributed by atoms with Crippen molar-refractivity contribution in [3.05, 3.63) is 110 Å². The quantitative estimate of drug-likeness (QED) is 0.104. The van der Waals surface area contributed by atoms with Gasteiger partial charge < -0.3 is 23.7 Å². The molecule has 5 heterocycles. The number of nitrogens with zero attached hydrogens (tertiary/aromatic N) is 6. The third-order valence-corrected chi connectivity index (χ3v) is 10.9. The number of hydrogen-bond acceptors (Lipinski definition) is 4. The van der Waals surface area contributed by atoms with Crippen molar-refractivity contribution in [3.63, 3.8) is 0 Å². The lowest BCUT2D eigenvalue weighted by molar-refractivity contribution is -0.649. The normalized spacial score (nSPS) is 16.7. The van der Waals surface area contributed by atoms with Gasteiger partial charge in [-0.3, -0.25) is 4.57 Å². The van der Waals surface area contributed by atoms with Gasteiger partial charge in [-0.05, 0) is 79.9 Å². The second-order valence-corrected chi connectivity index (χ2v) is 14.2. The fourth-order valence-corrected chi connectivity index (χ4v) is 8.47. The molecule has 8 heteroatoms. The van der Waals surface area contributed by atoms with Crippen LogP contribution in [0, 0.1) is 6.33 Å². The number of pyridine rings is 1. The Bertz CT molecular complexity index is 2390. The van der Waals surface area contributed by atoms with E-state index < -0.39 is 6.98 Å². The molecule has 48 heavy (non-hydrogen) atoms. The van der Waals surface area contributed by atoms with Crippen molar-refractivity contribution in [2.24, 2.45) is 6.98 Å². The first-order valence-corrected chi connectivity index (χ1v) is 18.3. The summed E-state index contributed by atoms with van der Waals surface area (Å²) >= 11 is 0. The van der Waals surface area contributed by atoms with Gasteiger partial charge in [0.15, 0.2) is 0 Å². The second kappa shape index (κ2) is 12.2. The number of aromatic nitrogens is 4. The predicted octanol–water partition coefficient (Wildman–Crippen LogP) is 7.89. The van der Waals surface area contributed by atoms with Gasteiger partial charge in [0.1, 0.15) is 17.3 Å². The third-order valence-electron chi connectivity index (χ3n) is 9.76. The Morgan fingerprint density at radius 2 is 1.52 bits per heavy atom. The Morgan fingerprint density at radius 3 is 2.42 bits per heavy atom. The molecule has 7 nitrogen and oxygen atoms in total. The van der Waals surface area contributed by atoms with Crippen molar-refractivity contribution in [1.29, 1.82) is 0 Å². The van der Waals surface area contributed by atoms with E-state index in [0.717, 1.165) is 93.1 Å². The molecule has 0 N–H and O–H groups in total. The van der Waals surface area contributed by atoms with Crippen LogP contribution in [0.25, 0.3) is 44.3 Å². The molecule has 7 aromatic rings. The summed E-state index contributed by atoms with van der Waals surface area (Å²) in [4.78, 5) is 9.71. The van der Waals surface area contributed by atoms with Crippen LogP contribution in [0.3, 0.4) is 0 Å². The van der Waals surface area contributed by atoms with Crippen LogP contribution >= 0.6 is 0 Å². The lowest BCUT2D eigenvalue weighted by Crippen LogP contribution is -2.31. The van der Waals surface area contributed by atoms with Crippen LogP contribution in [-0.4, -0.2) is 49.8 Å². The van der Waals surface area contributed by atoms with E-state index in [4.69, 9.17) is 13.8 Å². The highest BCUT2D eigenvalue weighted by Gasteiger charge is 2.18. The van der Waals surface area contributed by atoms with E-state index in [-0.39, 0.29) is 0 Å². The number of aryl methyl sites for hydroxylation is 1. The van der Waals surface area contributed by atoms with Crippen LogP contribution in [0.5, 0.6) is 11.5 Å². The number of ether oxygens (including phenoxy) is 1. The molecule has 0 saturated carbocycles. The first-order valence-electron chi connectivity index (χ1n) is 18.4. The van der Waals surface area contributed by atoms with Crippen LogP contribution in [0.15, 0.2) is 103 Å². The fraction of sp³-hybridized carbons (Fsp3) is 0.250. The molecule has 3 aromatic heterocycles. The van der Waals surface area contributed by atoms with E-state index >= 15 is 0 Å². The maximum absolute atomic E-state index is 8.23. The topological polar surface area (TPSA) is 42.3 Å². The Kier molecular flexibility index (Phi) is 6.58. The Labute approximate surface area is 287 Å². The molecular formula is C40H38N6OSi. The molecule has 2 saturated heterocycles. The molecule has 0 unspecified atom stereocenters. The fourth-order valence-electron chi connectivity index (χ4n) is 7.37. The molecule has 0 amide bonds. The summed E-state index contributed by atoms with van der Waals surface area (Å²) in [5.74, 6) is 2.22. The van der Waals surface area contributed by atoms with Gasteiger partial charge in [0, 0.05) is 76.2 Å². The minimum atomic E-state index is -2.37. The van der Waals surface area contributed by atoms with Gasteiger partial charge in [0.05, 0.1) is 38.8 Å². The van der Waals surface area contributed by atoms with Gasteiger partial charge in [-0.15, -0.1) is 0 Å². The van der Waals surface area contributed by atoms with Gasteiger partial charge in [-0.2, -0.15) is 0 Å². The smallest absolute Gasteiger partial charge is 0.244 e. The zero-order valence-corrected chi connectivity index (χ0v) is 27.8. The third kappa shape index (κ3) is 5.21. The lowest BCUT2D eigenvalue weighted by Gasteiger charge is -2.29. The second-order valence-electron chi connectivity index (χ2n) is 12.7. The molecule has 238 valence electrons. The monoisotopic (exact) mass is 649 g/mol. The van der Waals surface area contributed by atoms with E-state index in [2.05, 4.69) is 75.3 Å². The molecular weight excluding hydrogens is 609 g/mol. The molecule has 0 aliphatic carbocycles. The summed E-state index contributed by atoms with van der Waals surface area (Å²) in [6.45, 7) is 1.79. The average molecular weight is 650 g/mol. The van der Waals surface area contributed by atoms with Crippen LogP contribution in [0.1, 0.15) is 23.4 Å². The van der Waals surface area contributed by atoms with Crippen molar-refractivity contribution in [3.8, 4) is 23.0 Å². The van der Waals surface area contributed by atoms with Crippen LogP contribution in [0.2, 0.25) is 12.1 Å². The van der Waals surface area contributed by atoms with Gasteiger partial charge in [0.25, 0.3) is 0 Å². The van der Waals surface area contributed by atoms with E-state index in [0.29, 0.717) is 17.0 Å². The summed E-state index contributed by atoms with van der Waals surface area (Å²) in [5, 5.41) is 2.29. The molecule has 4 aromatic carbocycles. The minimum Gasteiger partial charge on any atom is -0.458 e. The first-order chi connectivity index (χ1) is 24.9. The highest BCUT2D eigenvalue weighted by molar-refractivity contribution is 6.36. The highest BCUT2D eigenvalue weighted by Crippen LogP contribution is 2.36. The number of anilines is 2. The Hall–Kier alpha value is -5.08. The van der Waals surface area contributed by atoms with Crippen molar-refractivity contribution in [1.82, 2.24) is 14.1 Å². The molecule has 2 aliphatic heterocycles. The van der Waals surface area contributed by atoms with E-state index in [1.807, 2.05) is 53.2 Å². The van der Waals surface area contributed by atoms with E-state index in [1.54, 1.807) is 0 Å². The summed E-state index contributed by atoms with van der Waals surface area (Å²) < 4.78 is 36.6. The first kappa shape index (κ1) is 25.9. The number of hydrogen-bond donors (Lipinski definition) is 0. The largest absolute Gasteiger partial charge is 0.458 e. The summed E-state index contributed by atoms with van der Waals surface area (Å²) in [7, 11) is 1.05. The molecule has 0 bridgehead atoms. The Morgan fingerprint density at radius 1 is 0.708 bits per heavy atom.